The van der Waals surface area contributed by atoms with Crippen LogP contribution in [0.5, 0.6) is 0 Å². The molecule has 1 heterocycles. The maximum Gasteiger partial charge on any atom is 0.274 e. The topological polar surface area (TPSA) is 51.3 Å². The first-order valence-electron chi connectivity index (χ1n) is 5.44. The molecule has 0 aliphatic carbocycles. The van der Waals surface area contributed by atoms with E-state index in [1.165, 1.54) is 17.0 Å². The molecule has 4 nitrogen and oxygen atoms in total. The van der Waals surface area contributed by atoms with Crippen LogP contribution in [0, 0.1) is 5.82 Å². The molecule has 0 unspecified atom stereocenters. The lowest BCUT2D eigenvalue weighted by molar-refractivity contribution is 0.0985. The maximum absolute atomic E-state index is 13.1. The molecule has 0 aliphatic heterocycles. The lowest BCUT2D eigenvalue weighted by Crippen LogP contribution is -2.27. The van der Waals surface area contributed by atoms with Crippen molar-refractivity contribution in [2.24, 2.45) is 7.05 Å². The van der Waals surface area contributed by atoms with Gasteiger partial charge in [0, 0.05) is 26.0 Å². The number of hydrogen-bond acceptors (Lipinski definition) is 2. The number of nitrogens with zero attached hydrogens (tertiary/aromatic N) is 2. The second kappa shape index (κ2) is 4.52. The Morgan fingerprint density at radius 2 is 2.11 bits per heavy atom. The molecule has 0 spiro atoms. The first-order valence-corrected chi connectivity index (χ1v) is 5.44. The molecule has 5 heteroatoms. The van der Waals surface area contributed by atoms with Crippen molar-refractivity contribution in [2.75, 3.05) is 17.7 Å². The summed E-state index contributed by atoms with van der Waals surface area (Å²) in [6.45, 7) is 0. The average molecular weight is 247 g/mol. The van der Waals surface area contributed by atoms with Crippen molar-refractivity contribution in [3.8, 4) is 0 Å². The van der Waals surface area contributed by atoms with Crippen LogP contribution in [0.1, 0.15) is 10.5 Å². The zero-order valence-electron chi connectivity index (χ0n) is 10.2. The fourth-order valence-corrected chi connectivity index (χ4v) is 1.78. The molecular formula is C13H14FN3O. The molecule has 2 aromatic rings. The predicted molar refractivity (Wildman–Crippen MR) is 69.0 cm³/mol. The molecule has 0 aliphatic rings. The molecule has 0 radical (unpaired) electrons. The molecule has 0 atom stereocenters. The number of halogens is 1. The molecule has 0 fully saturated rings. The smallest absolute Gasteiger partial charge is 0.274 e. The SMILES string of the molecule is CN(C(=O)c1cc(N)cn1C)c1cccc(F)c1. The van der Waals surface area contributed by atoms with Crippen LogP contribution in [0.3, 0.4) is 0 Å². The molecule has 18 heavy (non-hydrogen) atoms. The summed E-state index contributed by atoms with van der Waals surface area (Å²) >= 11 is 0. The van der Waals surface area contributed by atoms with Crippen LogP contribution in [0.2, 0.25) is 0 Å². The Morgan fingerprint density at radius 1 is 1.39 bits per heavy atom. The number of rotatable bonds is 2. The van der Waals surface area contributed by atoms with Crippen molar-refractivity contribution < 1.29 is 9.18 Å². The van der Waals surface area contributed by atoms with Crippen molar-refractivity contribution in [2.45, 2.75) is 0 Å². The average Bonchev–Trinajstić information content (AvgIpc) is 2.66. The normalized spacial score (nSPS) is 10.4. The van der Waals surface area contributed by atoms with Crippen molar-refractivity contribution in [3.63, 3.8) is 0 Å². The minimum atomic E-state index is -0.376. The summed E-state index contributed by atoms with van der Waals surface area (Å²) in [5.41, 5.74) is 7.11. The van der Waals surface area contributed by atoms with Crippen LogP contribution in [0.25, 0.3) is 0 Å². The van der Waals surface area contributed by atoms with Crippen LogP contribution < -0.4 is 10.6 Å². The molecule has 94 valence electrons. The number of benzene rings is 1. The van der Waals surface area contributed by atoms with E-state index in [4.69, 9.17) is 5.73 Å². The Labute approximate surface area is 104 Å². The lowest BCUT2D eigenvalue weighted by Gasteiger charge is -2.17. The Kier molecular flexibility index (Phi) is 3.06. The van der Waals surface area contributed by atoms with Gasteiger partial charge in [-0.2, -0.15) is 0 Å². The summed E-state index contributed by atoms with van der Waals surface area (Å²) in [4.78, 5) is 13.6. The number of carbonyl (C=O) groups excluding carboxylic acids is 1. The van der Waals surface area contributed by atoms with Gasteiger partial charge in [0.05, 0.1) is 5.69 Å². The minimum Gasteiger partial charge on any atom is -0.397 e. The van der Waals surface area contributed by atoms with Crippen LogP contribution in [-0.4, -0.2) is 17.5 Å². The van der Waals surface area contributed by atoms with Gasteiger partial charge in [-0.25, -0.2) is 4.39 Å². The molecule has 2 rings (SSSR count). The van der Waals surface area contributed by atoms with Gasteiger partial charge in [0.25, 0.3) is 5.91 Å². The fourth-order valence-electron chi connectivity index (χ4n) is 1.78. The van der Waals surface area contributed by atoms with E-state index in [0.29, 0.717) is 17.1 Å². The number of aromatic nitrogens is 1. The highest BCUT2D eigenvalue weighted by Crippen LogP contribution is 2.18. The van der Waals surface area contributed by atoms with Gasteiger partial charge < -0.3 is 15.2 Å². The van der Waals surface area contributed by atoms with E-state index in [0.717, 1.165) is 0 Å². The second-order valence-electron chi connectivity index (χ2n) is 4.11. The first kappa shape index (κ1) is 12.2. The van der Waals surface area contributed by atoms with Crippen molar-refractivity contribution in [1.29, 1.82) is 0 Å². The van der Waals surface area contributed by atoms with E-state index in [9.17, 15) is 9.18 Å². The van der Waals surface area contributed by atoms with Gasteiger partial charge in [0.1, 0.15) is 11.5 Å². The van der Waals surface area contributed by atoms with E-state index in [2.05, 4.69) is 0 Å². The monoisotopic (exact) mass is 247 g/mol. The number of hydrogen-bond donors (Lipinski definition) is 1. The molecular weight excluding hydrogens is 233 g/mol. The third-order valence-electron chi connectivity index (χ3n) is 2.75. The first-order chi connectivity index (χ1) is 8.49. The largest absolute Gasteiger partial charge is 0.397 e. The number of aryl methyl sites for hydroxylation is 1. The highest BCUT2D eigenvalue weighted by Gasteiger charge is 2.17. The van der Waals surface area contributed by atoms with E-state index in [1.54, 1.807) is 43.1 Å². The molecule has 0 bridgehead atoms. The standard InChI is InChI=1S/C13H14FN3O/c1-16-8-10(15)7-12(16)13(18)17(2)11-5-3-4-9(14)6-11/h3-8H,15H2,1-2H3. The van der Waals surface area contributed by atoms with Crippen LogP contribution in [0.4, 0.5) is 15.8 Å². The van der Waals surface area contributed by atoms with Crippen molar-refractivity contribution >= 4 is 17.3 Å². The third kappa shape index (κ3) is 2.20. The molecule has 0 saturated carbocycles. The van der Waals surface area contributed by atoms with E-state index >= 15 is 0 Å². The summed E-state index contributed by atoms with van der Waals surface area (Å²) < 4.78 is 14.8. The van der Waals surface area contributed by atoms with E-state index < -0.39 is 0 Å². The Morgan fingerprint density at radius 3 is 2.67 bits per heavy atom. The van der Waals surface area contributed by atoms with Gasteiger partial charge in [-0.3, -0.25) is 4.79 Å². The van der Waals surface area contributed by atoms with Gasteiger partial charge in [-0.05, 0) is 24.3 Å². The molecule has 0 saturated heterocycles. The van der Waals surface area contributed by atoms with Crippen LogP contribution >= 0.6 is 0 Å². The fraction of sp³-hybridized carbons (Fsp3) is 0.154. The van der Waals surface area contributed by atoms with E-state index in [1.807, 2.05) is 0 Å². The van der Waals surface area contributed by atoms with Crippen LogP contribution in [-0.2, 0) is 7.05 Å². The number of carbonyl (C=O) groups is 1. The summed E-state index contributed by atoms with van der Waals surface area (Å²) in [7, 11) is 3.34. The third-order valence-corrected chi connectivity index (χ3v) is 2.75. The van der Waals surface area contributed by atoms with Gasteiger partial charge in [-0.15, -0.1) is 0 Å². The second-order valence-corrected chi connectivity index (χ2v) is 4.11. The molecule has 1 aromatic heterocycles. The molecule has 2 N–H and O–H groups in total. The maximum atomic E-state index is 13.1. The highest BCUT2D eigenvalue weighted by molar-refractivity contribution is 6.05. The Bertz CT molecular complexity index is 592. The Hall–Kier alpha value is -2.30. The molecule has 1 aromatic carbocycles. The number of anilines is 2. The number of nitrogen functional groups attached to an aromatic ring is 1. The van der Waals surface area contributed by atoms with E-state index in [-0.39, 0.29) is 11.7 Å². The van der Waals surface area contributed by atoms with Crippen LogP contribution in [0.15, 0.2) is 36.5 Å². The van der Waals surface area contributed by atoms with Gasteiger partial charge in [0.15, 0.2) is 0 Å². The Balaban J connectivity index is 2.32. The number of nitrogens with two attached hydrogens (primary N) is 1. The summed E-state index contributed by atoms with van der Waals surface area (Å²) in [6.07, 6.45) is 1.66. The van der Waals surface area contributed by atoms with Gasteiger partial charge in [0.2, 0.25) is 0 Å². The molecule has 1 amide bonds. The quantitative estimate of drug-likeness (QED) is 0.882. The zero-order chi connectivity index (χ0) is 13.3. The van der Waals surface area contributed by atoms with Crippen molar-refractivity contribution in [1.82, 2.24) is 4.57 Å². The number of amides is 1. The summed E-state index contributed by atoms with van der Waals surface area (Å²) in [5, 5.41) is 0. The lowest BCUT2D eigenvalue weighted by atomic mass is 10.2. The van der Waals surface area contributed by atoms with Crippen molar-refractivity contribution in [3.05, 3.63) is 48.0 Å². The van der Waals surface area contributed by atoms with Gasteiger partial charge in [-0.1, -0.05) is 6.07 Å². The minimum absolute atomic E-state index is 0.236. The summed E-state index contributed by atoms with van der Waals surface area (Å²) in [5.74, 6) is -0.613. The highest BCUT2D eigenvalue weighted by atomic mass is 19.1. The summed E-state index contributed by atoms with van der Waals surface area (Å²) in [6, 6.07) is 7.48. The zero-order valence-corrected chi connectivity index (χ0v) is 10.2. The predicted octanol–water partition coefficient (Wildman–Crippen LogP) is 2.02. The van der Waals surface area contributed by atoms with Gasteiger partial charge >= 0.3 is 0 Å².